The summed E-state index contributed by atoms with van der Waals surface area (Å²) in [6.45, 7) is 4.12. The van der Waals surface area contributed by atoms with Gasteiger partial charge in [-0.25, -0.2) is 0 Å². The highest BCUT2D eigenvalue weighted by Gasteiger charge is 2.29. The van der Waals surface area contributed by atoms with E-state index in [2.05, 4.69) is 24.1 Å². The Hall–Kier alpha value is -0.200. The highest BCUT2D eigenvalue weighted by atomic mass is 32.2. The summed E-state index contributed by atoms with van der Waals surface area (Å²) in [6.07, 6.45) is 2.10. The largest absolute Gasteiger partial charge is 0.289 e. The lowest BCUT2D eigenvalue weighted by molar-refractivity contribution is 0.129. The van der Waals surface area contributed by atoms with Gasteiger partial charge in [-0.2, -0.15) is 5.26 Å². The number of thioether (sulfide) groups is 1. The van der Waals surface area contributed by atoms with E-state index >= 15 is 0 Å². The lowest BCUT2D eigenvalue weighted by Gasteiger charge is -2.39. The summed E-state index contributed by atoms with van der Waals surface area (Å²) in [5.41, 5.74) is 0. The Bertz CT molecular complexity index is 146. The van der Waals surface area contributed by atoms with E-state index in [9.17, 15) is 0 Å². The maximum Gasteiger partial charge on any atom is 0.0718 e. The highest BCUT2D eigenvalue weighted by Crippen LogP contribution is 2.22. The van der Waals surface area contributed by atoms with Gasteiger partial charge in [-0.1, -0.05) is 0 Å². The molecule has 1 rings (SSSR count). The molecule has 1 unspecified atom stereocenters. The fraction of sp³-hybridized carbons (Fsp3) is 0.857. The first-order valence-electron chi connectivity index (χ1n) is 3.44. The van der Waals surface area contributed by atoms with Crippen LogP contribution in [-0.2, 0) is 0 Å². The van der Waals surface area contributed by atoms with Gasteiger partial charge in [0.05, 0.1) is 17.4 Å². The average molecular weight is 156 g/mol. The van der Waals surface area contributed by atoms with Gasteiger partial charge in [-0.15, -0.1) is 11.8 Å². The van der Waals surface area contributed by atoms with Crippen molar-refractivity contribution in [3.05, 3.63) is 0 Å². The molecule has 1 aliphatic heterocycles. The molecule has 0 aromatic heterocycles. The van der Waals surface area contributed by atoms with Gasteiger partial charge in [0, 0.05) is 13.1 Å². The first-order valence-corrected chi connectivity index (χ1v) is 4.73. The topological polar surface area (TPSA) is 27.0 Å². The summed E-state index contributed by atoms with van der Waals surface area (Å²) >= 11 is 1.84. The standard InChI is InChI=1S/C7H12N2S/c1-6(10-2)9-4-7(3-8)5-9/h6-7H,4-5H2,1-2H3. The van der Waals surface area contributed by atoms with Crippen molar-refractivity contribution in [2.75, 3.05) is 19.3 Å². The predicted molar refractivity (Wildman–Crippen MR) is 43.7 cm³/mol. The number of hydrogen-bond acceptors (Lipinski definition) is 3. The summed E-state index contributed by atoms with van der Waals surface area (Å²) in [5.74, 6) is 0.301. The molecule has 0 spiro atoms. The van der Waals surface area contributed by atoms with Crippen molar-refractivity contribution in [3.63, 3.8) is 0 Å². The van der Waals surface area contributed by atoms with Gasteiger partial charge in [0.15, 0.2) is 0 Å². The van der Waals surface area contributed by atoms with E-state index in [0.717, 1.165) is 13.1 Å². The molecule has 0 radical (unpaired) electrons. The molecule has 2 nitrogen and oxygen atoms in total. The number of likely N-dealkylation sites (tertiary alicyclic amines) is 1. The molecule has 1 fully saturated rings. The smallest absolute Gasteiger partial charge is 0.0718 e. The minimum atomic E-state index is 0.301. The third-order valence-corrected chi connectivity index (χ3v) is 2.93. The van der Waals surface area contributed by atoms with Gasteiger partial charge in [-0.05, 0) is 13.2 Å². The van der Waals surface area contributed by atoms with Crippen molar-refractivity contribution in [2.24, 2.45) is 5.92 Å². The zero-order valence-corrected chi connectivity index (χ0v) is 7.19. The molecule has 1 saturated heterocycles. The average Bonchev–Trinajstić information content (AvgIpc) is 1.85. The van der Waals surface area contributed by atoms with E-state index in [1.54, 1.807) is 0 Å². The lowest BCUT2D eigenvalue weighted by Crippen LogP contribution is -2.49. The van der Waals surface area contributed by atoms with Crippen LogP contribution in [0.15, 0.2) is 0 Å². The molecule has 0 amide bonds. The van der Waals surface area contributed by atoms with Crippen LogP contribution in [0.3, 0.4) is 0 Å². The number of rotatable bonds is 2. The van der Waals surface area contributed by atoms with Crippen LogP contribution in [0, 0.1) is 17.2 Å². The summed E-state index contributed by atoms with van der Waals surface area (Å²) in [4.78, 5) is 2.32. The zero-order valence-electron chi connectivity index (χ0n) is 6.37. The molecule has 3 heteroatoms. The molecule has 0 N–H and O–H groups in total. The molecule has 0 aliphatic carbocycles. The van der Waals surface area contributed by atoms with E-state index < -0.39 is 0 Å². The summed E-state index contributed by atoms with van der Waals surface area (Å²) in [5, 5.41) is 9.06. The summed E-state index contributed by atoms with van der Waals surface area (Å²) in [6, 6.07) is 2.26. The maximum atomic E-state index is 8.47. The molecule has 0 saturated carbocycles. The normalized spacial score (nSPS) is 23.3. The number of nitrogens with zero attached hydrogens (tertiary/aromatic N) is 2. The molecule has 0 aromatic rings. The van der Waals surface area contributed by atoms with Gasteiger partial charge >= 0.3 is 0 Å². The van der Waals surface area contributed by atoms with Gasteiger partial charge in [-0.3, -0.25) is 4.90 Å². The molecular weight excluding hydrogens is 144 g/mol. The summed E-state index contributed by atoms with van der Waals surface area (Å²) in [7, 11) is 0. The first-order chi connectivity index (χ1) is 4.77. The van der Waals surface area contributed by atoms with Crippen LogP contribution in [0.4, 0.5) is 0 Å². The van der Waals surface area contributed by atoms with Crippen molar-refractivity contribution < 1.29 is 0 Å². The van der Waals surface area contributed by atoms with Crippen molar-refractivity contribution in [3.8, 4) is 6.07 Å². The molecule has 1 atom stereocenters. The Morgan fingerprint density at radius 1 is 1.70 bits per heavy atom. The first kappa shape index (κ1) is 7.90. The van der Waals surface area contributed by atoms with E-state index in [4.69, 9.17) is 5.26 Å². The van der Waals surface area contributed by atoms with Gasteiger partial charge in [0.1, 0.15) is 0 Å². The van der Waals surface area contributed by atoms with Crippen LogP contribution in [0.5, 0.6) is 0 Å². The van der Waals surface area contributed by atoms with Gasteiger partial charge < -0.3 is 0 Å². The van der Waals surface area contributed by atoms with E-state index in [1.807, 2.05) is 11.8 Å². The minimum absolute atomic E-state index is 0.301. The van der Waals surface area contributed by atoms with E-state index in [0.29, 0.717) is 11.3 Å². The fourth-order valence-electron chi connectivity index (χ4n) is 1.04. The Morgan fingerprint density at radius 3 is 2.70 bits per heavy atom. The third-order valence-electron chi connectivity index (χ3n) is 1.95. The molecule has 56 valence electrons. The quantitative estimate of drug-likeness (QED) is 0.600. The van der Waals surface area contributed by atoms with Crippen molar-refractivity contribution in [1.82, 2.24) is 4.90 Å². The van der Waals surface area contributed by atoms with E-state index in [-0.39, 0.29) is 0 Å². The van der Waals surface area contributed by atoms with Crippen LogP contribution in [0.2, 0.25) is 0 Å². The second-order valence-corrected chi connectivity index (χ2v) is 3.77. The van der Waals surface area contributed by atoms with Gasteiger partial charge in [0.2, 0.25) is 0 Å². The van der Waals surface area contributed by atoms with Crippen LogP contribution >= 0.6 is 11.8 Å². The summed E-state index contributed by atoms with van der Waals surface area (Å²) < 4.78 is 0. The van der Waals surface area contributed by atoms with Crippen molar-refractivity contribution in [2.45, 2.75) is 12.3 Å². The van der Waals surface area contributed by atoms with Gasteiger partial charge in [0.25, 0.3) is 0 Å². The maximum absolute atomic E-state index is 8.47. The SMILES string of the molecule is CSC(C)N1CC(C#N)C1. The fourth-order valence-corrected chi connectivity index (χ4v) is 1.51. The second-order valence-electron chi connectivity index (χ2n) is 2.61. The molecule has 10 heavy (non-hydrogen) atoms. The van der Waals surface area contributed by atoms with Crippen LogP contribution in [0.25, 0.3) is 0 Å². The zero-order chi connectivity index (χ0) is 7.56. The second kappa shape index (κ2) is 3.27. The minimum Gasteiger partial charge on any atom is -0.289 e. The predicted octanol–water partition coefficient (Wildman–Crippen LogP) is 1.15. The number of hydrogen-bond donors (Lipinski definition) is 0. The molecule has 1 heterocycles. The Kier molecular flexibility index (Phi) is 2.58. The monoisotopic (exact) mass is 156 g/mol. The van der Waals surface area contributed by atoms with E-state index in [1.165, 1.54) is 0 Å². The van der Waals surface area contributed by atoms with Crippen molar-refractivity contribution in [1.29, 1.82) is 5.26 Å². The van der Waals surface area contributed by atoms with Crippen molar-refractivity contribution >= 4 is 11.8 Å². The Balaban J connectivity index is 2.20. The van der Waals surface area contributed by atoms with Crippen LogP contribution in [0.1, 0.15) is 6.92 Å². The lowest BCUT2D eigenvalue weighted by atomic mass is 10.0. The molecule has 0 bridgehead atoms. The third kappa shape index (κ3) is 1.44. The molecule has 0 aromatic carbocycles. The Labute approximate surface area is 66.2 Å². The molecule has 1 aliphatic rings. The Morgan fingerprint density at radius 2 is 2.30 bits per heavy atom. The molecular formula is C7H12N2S. The number of nitriles is 1. The van der Waals surface area contributed by atoms with Crippen LogP contribution < -0.4 is 0 Å². The van der Waals surface area contributed by atoms with Crippen LogP contribution in [-0.4, -0.2) is 29.6 Å². The highest BCUT2D eigenvalue weighted by molar-refractivity contribution is 7.99.